The van der Waals surface area contributed by atoms with Gasteiger partial charge < -0.3 is 26.0 Å². The van der Waals surface area contributed by atoms with Gasteiger partial charge in [-0.05, 0) is 84.9 Å². The maximum absolute atomic E-state index is 12.7. The van der Waals surface area contributed by atoms with E-state index in [1.807, 2.05) is 18.2 Å². The lowest BCUT2D eigenvalue weighted by atomic mass is 10.2. The van der Waals surface area contributed by atoms with Gasteiger partial charge in [0.15, 0.2) is 0 Å². The molecule has 0 saturated carbocycles. The fourth-order valence-electron chi connectivity index (χ4n) is 5.65. The second-order valence-corrected chi connectivity index (χ2v) is 14.4. The largest absolute Gasteiger partial charge is 0.379 e. The predicted octanol–water partition coefficient (Wildman–Crippen LogP) is 9.21. The molecule has 300 valence electrons. The molecule has 0 radical (unpaired) electrons. The molecule has 3 heterocycles. The fraction of sp³-hybridized carbons (Fsp3) is 0.136. The number of ether oxygens (including phenoxy) is 1. The number of amides is 4. The van der Waals surface area contributed by atoms with Gasteiger partial charge in [0.05, 0.1) is 57.1 Å². The minimum Gasteiger partial charge on any atom is -0.379 e. The highest BCUT2D eigenvalue weighted by atomic mass is 79.9. The number of pyridine rings is 2. The molecule has 1 saturated heterocycles. The van der Waals surface area contributed by atoms with Crippen molar-refractivity contribution in [3.05, 3.63) is 177 Å². The summed E-state index contributed by atoms with van der Waals surface area (Å²) in [6.07, 6.45) is 3.08. The third-order valence-corrected chi connectivity index (χ3v) is 10.1. The van der Waals surface area contributed by atoms with Crippen LogP contribution in [0.2, 0.25) is 10.0 Å². The summed E-state index contributed by atoms with van der Waals surface area (Å²) in [5, 5.41) is 12.5. The van der Waals surface area contributed by atoms with Gasteiger partial charge in [-0.15, -0.1) is 0 Å². The Kier molecular flexibility index (Phi) is 15.3. The van der Waals surface area contributed by atoms with Crippen molar-refractivity contribution in [1.29, 1.82) is 0 Å². The van der Waals surface area contributed by atoms with Gasteiger partial charge >= 0.3 is 0 Å². The predicted molar refractivity (Wildman–Crippen MR) is 235 cm³/mol. The molecule has 0 unspecified atom stereocenters. The summed E-state index contributed by atoms with van der Waals surface area (Å²) < 4.78 is 5.36. The lowest BCUT2D eigenvalue weighted by Gasteiger charge is -2.26. The Hall–Kier alpha value is -5.96. The van der Waals surface area contributed by atoms with E-state index in [4.69, 9.17) is 27.9 Å². The van der Waals surface area contributed by atoms with Crippen molar-refractivity contribution in [2.24, 2.45) is 0 Å². The van der Waals surface area contributed by atoms with Gasteiger partial charge in [-0.25, -0.2) is 0 Å². The molecule has 4 aromatic carbocycles. The molecule has 1 aliphatic rings. The second kappa shape index (κ2) is 21.2. The number of anilines is 4. The zero-order chi connectivity index (χ0) is 41.6. The molecule has 0 aliphatic carbocycles. The molecule has 59 heavy (non-hydrogen) atoms. The van der Waals surface area contributed by atoms with E-state index in [9.17, 15) is 19.2 Å². The standard InChI is InChI=1S/C24H23ClN4O3.C20H15BrClN3O2/c25-21-9-8-19(14-22(21)28-23(30)17-4-2-1-3-5-17)27-24(31)18-6-7-20(26-15-18)16-29-10-12-32-13-11-29;21-11-16-7-6-14(12-23-16)20(27)24-15-8-9-17(22)18(10-15)25-19(26)13-4-2-1-3-5-13/h1-9,14-15H,10-13,16H2,(H,27,31)(H,28,30);1-10,12H,11H2,(H,24,27)(H,25,26). The minimum atomic E-state index is -0.300. The second-order valence-electron chi connectivity index (χ2n) is 13.0. The summed E-state index contributed by atoms with van der Waals surface area (Å²) >= 11 is 15.7. The van der Waals surface area contributed by atoms with Crippen molar-refractivity contribution in [3.8, 4) is 0 Å². The molecule has 7 rings (SSSR count). The first kappa shape index (κ1) is 42.6. The number of alkyl halides is 1. The number of halogens is 3. The Morgan fingerprint density at radius 1 is 0.559 bits per heavy atom. The first-order valence-corrected chi connectivity index (χ1v) is 20.2. The quantitative estimate of drug-likeness (QED) is 0.0940. The van der Waals surface area contributed by atoms with E-state index in [2.05, 4.69) is 52.1 Å². The lowest BCUT2D eigenvalue weighted by molar-refractivity contribution is 0.0336. The normalized spacial score (nSPS) is 12.3. The van der Waals surface area contributed by atoms with Gasteiger partial charge in [0.2, 0.25) is 0 Å². The summed E-state index contributed by atoms with van der Waals surface area (Å²) in [4.78, 5) is 60.6. The molecule has 15 heteroatoms. The SMILES string of the molecule is O=C(Nc1ccc(Cl)c(NC(=O)c2ccccc2)c1)c1ccc(CBr)nc1.O=C(Nc1ccc(Cl)c(NC(=O)c2ccccc2)c1)c1ccc(CN2CCOCC2)nc1. The molecule has 0 spiro atoms. The number of aromatic nitrogens is 2. The number of nitrogens with one attached hydrogen (secondary N) is 4. The highest BCUT2D eigenvalue weighted by Gasteiger charge is 2.15. The van der Waals surface area contributed by atoms with Crippen molar-refractivity contribution in [1.82, 2.24) is 14.9 Å². The molecule has 12 nitrogen and oxygen atoms in total. The first-order valence-electron chi connectivity index (χ1n) is 18.4. The summed E-state index contributed by atoms with van der Waals surface area (Å²) in [6, 6.07) is 34.6. The van der Waals surface area contributed by atoms with Crippen molar-refractivity contribution in [3.63, 3.8) is 0 Å². The lowest BCUT2D eigenvalue weighted by Crippen LogP contribution is -2.35. The summed E-state index contributed by atoms with van der Waals surface area (Å²) in [5.74, 6) is -1.16. The van der Waals surface area contributed by atoms with E-state index in [1.165, 1.54) is 6.20 Å². The van der Waals surface area contributed by atoms with E-state index in [-0.39, 0.29) is 23.6 Å². The van der Waals surface area contributed by atoms with Gasteiger partial charge in [0.25, 0.3) is 23.6 Å². The van der Waals surface area contributed by atoms with Crippen LogP contribution < -0.4 is 21.3 Å². The zero-order valence-electron chi connectivity index (χ0n) is 31.5. The van der Waals surface area contributed by atoms with Crippen molar-refractivity contribution >= 4 is 85.5 Å². The van der Waals surface area contributed by atoms with Crippen LogP contribution in [-0.2, 0) is 16.6 Å². The van der Waals surface area contributed by atoms with Gasteiger partial charge in [-0.3, -0.25) is 34.0 Å². The molecule has 1 fully saturated rings. The Bertz CT molecular complexity index is 2380. The van der Waals surface area contributed by atoms with Crippen molar-refractivity contribution < 1.29 is 23.9 Å². The van der Waals surface area contributed by atoms with Crippen LogP contribution in [0.15, 0.2) is 134 Å². The average molecular weight is 896 g/mol. The van der Waals surface area contributed by atoms with E-state index in [0.717, 1.165) is 44.2 Å². The Morgan fingerprint density at radius 2 is 1.00 bits per heavy atom. The highest BCUT2D eigenvalue weighted by molar-refractivity contribution is 9.08. The van der Waals surface area contributed by atoms with Gasteiger partial charge in [0, 0.05) is 59.9 Å². The van der Waals surface area contributed by atoms with Crippen LogP contribution in [0.4, 0.5) is 22.7 Å². The smallest absolute Gasteiger partial charge is 0.257 e. The molecule has 1 aliphatic heterocycles. The molecular formula is C44H38BrCl2N7O5. The van der Waals surface area contributed by atoms with Gasteiger partial charge in [-0.2, -0.15) is 0 Å². The molecule has 6 aromatic rings. The molecule has 2 aromatic heterocycles. The number of benzene rings is 4. The van der Waals surface area contributed by atoms with E-state index < -0.39 is 0 Å². The van der Waals surface area contributed by atoms with E-state index >= 15 is 0 Å². The molecule has 4 N–H and O–H groups in total. The van der Waals surface area contributed by atoms with E-state index in [1.54, 1.807) is 109 Å². The van der Waals surface area contributed by atoms with Crippen molar-refractivity contribution in [2.45, 2.75) is 11.9 Å². The molecular weight excluding hydrogens is 857 g/mol. The molecule has 0 bridgehead atoms. The number of nitrogens with zero attached hydrogens (tertiary/aromatic N) is 3. The highest BCUT2D eigenvalue weighted by Crippen LogP contribution is 2.28. The monoisotopic (exact) mass is 893 g/mol. The van der Waals surface area contributed by atoms with E-state index in [0.29, 0.717) is 60.4 Å². The van der Waals surface area contributed by atoms with Crippen LogP contribution in [-0.4, -0.2) is 64.8 Å². The summed E-state index contributed by atoms with van der Waals surface area (Å²) in [5.41, 5.74) is 5.50. The van der Waals surface area contributed by atoms with Gasteiger partial charge in [-0.1, -0.05) is 75.5 Å². The van der Waals surface area contributed by atoms with Crippen LogP contribution in [0, 0.1) is 0 Å². The number of hydrogen-bond donors (Lipinski definition) is 4. The fourth-order valence-corrected chi connectivity index (χ4v) is 6.31. The maximum atomic E-state index is 12.7. The number of rotatable bonds is 11. The topological polar surface area (TPSA) is 155 Å². The van der Waals surface area contributed by atoms with Crippen LogP contribution in [0.25, 0.3) is 0 Å². The van der Waals surface area contributed by atoms with Crippen LogP contribution in [0.1, 0.15) is 52.8 Å². The Balaban J connectivity index is 0.000000201. The van der Waals surface area contributed by atoms with Crippen LogP contribution >= 0.6 is 39.1 Å². The Labute approximate surface area is 359 Å². The summed E-state index contributed by atoms with van der Waals surface area (Å²) in [7, 11) is 0. The number of hydrogen-bond acceptors (Lipinski definition) is 8. The summed E-state index contributed by atoms with van der Waals surface area (Å²) in [6.45, 7) is 3.95. The van der Waals surface area contributed by atoms with Gasteiger partial charge in [0.1, 0.15) is 0 Å². The third-order valence-electron chi connectivity index (χ3n) is 8.82. The van der Waals surface area contributed by atoms with Crippen LogP contribution in [0.5, 0.6) is 0 Å². The Morgan fingerprint density at radius 3 is 1.42 bits per heavy atom. The molecule has 4 amide bonds. The van der Waals surface area contributed by atoms with Crippen molar-refractivity contribution in [2.75, 3.05) is 47.6 Å². The first-order chi connectivity index (χ1) is 28.6. The number of carbonyl (C=O) groups excluding carboxylic acids is 4. The number of carbonyl (C=O) groups is 4. The number of morpholine rings is 1. The maximum Gasteiger partial charge on any atom is 0.257 e. The minimum absolute atomic E-state index is 0.281. The molecule has 0 atom stereocenters. The zero-order valence-corrected chi connectivity index (χ0v) is 34.6. The third kappa shape index (κ3) is 12.5. The van der Waals surface area contributed by atoms with Crippen LogP contribution in [0.3, 0.4) is 0 Å². The average Bonchev–Trinajstić information content (AvgIpc) is 3.27.